The molecule has 1 unspecified atom stereocenters. The van der Waals surface area contributed by atoms with Crippen LogP contribution in [0.3, 0.4) is 0 Å². The minimum atomic E-state index is -2.43. The van der Waals surface area contributed by atoms with Crippen LogP contribution in [0.5, 0.6) is 11.5 Å². The SMILES string of the molecule is CCCC(O)(Cc1ccccc1OC)[C@@H](O)[C@@](O)(Cc1ccccc1OC)[C@H](O)[C@@H](O)CO. The number of aliphatic hydroxyl groups excluding tert-OH is 4. The summed E-state index contributed by atoms with van der Waals surface area (Å²) in [5.74, 6) is 0.904. The molecule has 6 N–H and O–H groups in total. The van der Waals surface area contributed by atoms with Crippen LogP contribution in [0.1, 0.15) is 30.9 Å². The van der Waals surface area contributed by atoms with E-state index in [-0.39, 0.29) is 19.3 Å². The Morgan fingerprint density at radius 1 is 0.818 bits per heavy atom. The molecule has 0 saturated heterocycles. The van der Waals surface area contributed by atoms with Gasteiger partial charge < -0.3 is 40.1 Å². The fraction of sp³-hybridized carbons (Fsp3) is 0.520. The Balaban J connectivity index is 2.56. The first kappa shape index (κ1) is 27.0. The standard InChI is InChI=1S/C25H36O8/c1-4-13-24(30,14-17-9-5-7-11-20(17)32-2)23(29)25(31,22(28)19(27)16-26)15-18-10-6-8-12-21(18)33-3/h5-12,19,22-23,26-31H,4,13-16H2,1-3H3/t19-,22+,23+,24?,25+/m0/s1. The highest BCUT2D eigenvalue weighted by atomic mass is 16.5. The van der Waals surface area contributed by atoms with Gasteiger partial charge in [-0.05, 0) is 29.7 Å². The van der Waals surface area contributed by atoms with Crippen molar-refractivity contribution in [2.24, 2.45) is 0 Å². The zero-order valence-corrected chi connectivity index (χ0v) is 19.4. The summed E-state index contributed by atoms with van der Waals surface area (Å²) in [4.78, 5) is 0. The molecule has 0 saturated carbocycles. The molecular weight excluding hydrogens is 428 g/mol. The average molecular weight is 465 g/mol. The predicted molar refractivity (Wildman–Crippen MR) is 123 cm³/mol. The summed E-state index contributed by atoms with van der Waals surface area (Å²) < 4.78 is 10.7. The van der Waals surface area contributed by atoms with E-state index in [9.17, 15) is 30.6 Å². The largest absolute Gasteiger partial charge is 0.496 e. The minimum Gasteiger partial charge on any atom is -0.496 e. The summed E-state index contributed by atoms with van der Waals surface area (Å²) >= 11 is 0. The molecule has 0 aliphatic rings. The van der Waals surface area contributed by atoms with Crippen molar-refractivity contribution in [3.05, 3.63) is 59.7 Å². The monoisotopic (exact) mass is 464 g/mol. The molecule has 0 radical (unpaired) electrons. The summed E-state index contributed by atoms with van der Waals surface area (Å²) in [6.45, 7) is 0.971. The number of benzene rings is 2. The van der Waals surface area contributed by atoms with Gasteiger partial charge in [0.1, 0.15) is 35.4 Å². The molecular formula is C25H36O8. The molecule has 0 fully saturated rings. The van der Waals surface area contributed by atoms with Crippen molar-refractivity contribution in [2.75, 3.05) is 20.8 Å². The van der Waals surface area contributed by atoms with Crippen molar-refractivity contribution in [1.29, 1.82) is 0 Å². The van der Waals surface area contributed by atoms with Crippen molar-refractivity contribution in [3.8, 4) is 11.5 Å². The lowest BCUT2D eigenvalue weighted by atomic mass is 9.71. The van der Waals surface area contributed by atoms with E-state index in [0.717, 1.165) is 0 Å². The van der Waals surface area contributed by atoms with Gasteiger partial charge >= 0.3 is 0 Å². The molecule has 0 aliphatic carbocycles. The number of hydrogen-bond acceptors (Lipinski definition) is 8. The third kappa shape index (κ3) is 6.03. The summed E-state index contributed by atoms with van der Waals surface area (Å²) in [5.41, 5.74) is -3.27. The van der Waals surface area contributed by atoms with E-state index in [4.69, 9.17) is 9.47 Å². The van der Waals surface area contributed by atoms with Gasteiger partial charge in [-0.1, -0.05) is 49.7 Å². The zero-order valence-electron chi connectivity index (χ0n) is 19.4. The number of rotatable bonds is 13. The Morgan fingerprint density at radius 2 is 1.30 bits per heavy atom. The maximum atomic E-state index is 11.7. The second kappa shape index (κ2) is 11.8. The maximum Gasteiger partial charge on any atom is 0.126 e. The molecule has 5 atom stereocenters. The van der Waals surface area contributed by atoms with Gasteiger partial charge in [0, 0.05) is 12.8 Å². The van der Waals surface area contributed by atoms with Crippen molar-refractivity contribution in [2.45, 2.75) is 62.1 Å². The van der Waals surface area contributed by atoms with Gasteiger partial charge in [-0.3, -0.25) is 0 Å². The third-order valence-electron chi connectivity index (χ3n) is 6.08. The predicted octanol–water partition coefficient (Wildman–Crippen LogP) is 0.826. The molecule has 2 aromatic rings. The molecule has 33 heavy (non-hydrogen) atoms. The summed E-state index contributed by atoms with van der Waals surface area (Å²) in [6, 6.07) is 13.7. The van der Waals surface area contributed by atoms with Gasteiger partial charge in [-0.15, -0.1) is 0 Å². The number of ether oxygens (including phenoxy) is 2. The molecule has 2 aromatic carbocycles. The van der Waals surface area contributed by atoms with E-state index in [2.05, 4.69) is 0 Å². The highest BCUT2D eigenvalue weighted by Gasteiger charge is 2.54. The van der Waals surface area contributed by atoms with E-state index in [1.165, 1.54) is 14.2 Å². The fourth-order valence-corrected chi connectivity index (χ4v) is 4.35. The van der Waals surface area contributed by atoms with E-state index in [1.807, 2.05) is 6.92 Å². The van der Waals surface area contributed by atoms with E-state index in [0.29, 0.717) is 29.0 Å². The summed E-state index contributed by atoms with van der Waals surface area (Å²) in [5, 5.41) is 65.2. The molecule has 0 aliphatic heterocycles. The smallest absolute Gasteiger partial charge is 0.126 e. The summed E-state index contributed by atoms with van der Waals surface area (Å²) in [6.07, 6.45) is -5.51. The average Bonchev–Trinajstić information content (AvgIpc) is 2.83. The Morgan fingerprint density at radius 3 is 1.76 bits per heavy atom. The van der Waals surface area contributed by atoms with Crippen molar-refractivity contribution in [1.82, 2.24) is 0 Å². The first-order valence-electron chi connectivity index (χ1n) is 11.0. The van der Waals surface area contributed by atoms with Crippen LogP contribution < -0.4 is 9.47 Å². The van der Waals surface area contributed by atoms with Gasteiger partial charge in [0.2, 0.25) is 0 Å². The molecule has 0 amide bonds. The number of aliphatic hydroxyl groups is 6. The Hall–Kier alpha value is -2.20. The molecule has 8 nitrogen and oxygen atoms in total. The second-order valence-electron chi connectivity index (χ2n) is 8.42. The molecule has 0 aromatic heterocycles. The van der Waals surface area contributed by atoms with E-state index >= 15 is 0 Å². The quantitative estimate of drug-likeness (QED) is 0.256. The lowest BCUT2D eigenvalue weighted by Crippen LogP contribution is -2.66. The molecule has 8 heteroatoms. The van der Waals surface area contributed by atoms with Crippen LogP contribution in [0.4, 0.5) is 0 Å². The highest BCUT2D eigenvalue weighted by molar-refractivity contribution is 5.37. The van der Waals surface area contributed by atoms with Crippen LogP contribution in [-0.4, -0.2) is 81.0 Å². The lowest BCUT2D eigenvalue weighted by molar-refractivity contribution is -0.230. The zero-order chi connectivity index (χ0) is 24.6. The summed E-state index contributed by atoms with van der Waals surface area (Å²) in [7, 11) is 2.94. The highest BCUT2D eigenvalue weighted by Crippen LogP contribution is 2.37. The number of para-hydroxylation sites is 2. The van der Waals surface area contributed by atoms with Gasteiger partial charge in [0.25, 0.3) is 0 Å². The Labute approximate surface area is 194 Å². The fourth-order valence-electron chi connectivity index (χ4n) is 4.35. The Bertz CT molecular complexity index is 875. The maximum absolute atomic E-state index is 11.7. The van der Waals surface area contributed by atoms with Crippen molar-refractivity contribution < 1.29 is 40.1 Å². The first-order chi connectivity index (χ1) is 15.7. The Kier molecular flexibility index (Phi) is 9.66. The van der Waals surface area contributed by atoms with Crippen LogP contribution in [0, 0.1) is 0 Å². The molecule has 2 rings (SSSR count). The van der Waals surface area contributed by atoms with E-state index < -0.39 is 36.1 Å². The normalized spacial score (nSPS) is 18.0. The molecule has 0 spiro atoms. The topological polar surface area (TPSA) is 140 Å². The van der Waals surface area contributed by atoms with Gasteiger partial charge in [-0.2, -0.15) is 0 Å². The van der Waals surface area contributed by atoms with Crippen LogP contribution in [0.15, 0.2) is 48.5 Å². The lowest BCUT2D eigenvalue weighted by Gasteiger charge is -2.46. The van der Waals surface area contributed by atoms with Gasteiger partial charge in [0.05, 0.1) is 26.4 Å². The number of methoxy groups -OCH3 is 2. The molecule has 0 bridgehead atoms. The van der Waals surface area contributed by atoms with E-state index in [1.54, 1.807) is 48.5 Å². The van der Waals surface area contributed by atoms with Gasteiger partial charge in [-0.25, -0.2) is 0 Å². The number of hydrogen-bond donors (Lipinski definition) is 6. The molecule has 184 valence electrons. The third-order valence-corrected chi connectivity index (χ3v) is 6.08. The molecule has 0 heterocycles. The van der Waals surface area contributed by atoms with Crippen LogP contribution in [0.2, 0.25) is 0 Å². The van der Waals surface area contributed by atoms with Crippen LogP contribution in [0.25, 0.3) is 0 Å². The van der Waals surface area contributed by atoms with Crippen LogP contribution >= 0.6 is 0 Å². The second-order valence-corrected chi connectivity index (χ2v) is 8.42. The minimum absolute atomic E-state index is 0.0812. The van der Waals surface area contributed by atoms with Crippen molar-refractivity contribution >= 4 is 0 Å². The van der Waals surface area contributed by atoms with Gasteiger partial charge in [0.15, 0.2) is 0 Å². The van der Waals surface area contributed by atoms with Crippen molar-refractivity contribution in [3.63, 3.8) is 0 Å². The first-order valence-corrected chi connectivity index (χ1v) is 11.0. The van der Waals surface area contributed by atoms with Crippen LogP contribution in [-0.2, 0) is 12.8 Å².